The number of nitrogens with zero attached hydrogens (tertiary/aromatic N) is 2. The summed E-state index contributed by atoms with van der Waals surface area (Å²) in [5, 5.41) is 18.1. The van der Waals surface area contributed by atoms with Gasteiger partial charge in [0.25, 0.3) is 11.9 Å². The van der Waals surface area contributed by atoms with E-state index in [1.54, 1.807) is 7.11 Å². The van der Waals surface area contributed by atoms with Crippen LogP contribution < -0.4 is 14.8 Å². The zero-order chi connectivity index (χ0) is 27.4. The van der Waals surface area contributed by atoms with E-state index < -0.39 is 17.5 Å². The number of nitro groups is 1. The Morgan fingerprint density at radius 1 is 1.02 bits per heavy atom. The largest absolute Gasteiger partial charge is 0.493 e. The summed E-state index contributed by atoms with van der Waals surface area (Å²) in [7, 11) is 1.58. The molecule has 4 aromatic carbocycles. The monoisotopic (exact) mass is 535 g/mol. The Kier molecular flexibility index (Phi) is 5.75. The van der Waals surface area contributed by atoms with Crippen molar-refractivity contribution in [3.63, 3.8) is 0 Å². The Morgan fingerprint density at radius 2 is 1.82 bits per heavy atom. The highest BCUT2D eigenvalue weighted by Crippen LogP contribution is 2.58. The third-order valence-electron chi connectivity index (χ3n) is 8.93. The molecule has 202 valence electrons. The van der Waals surface area contributed by atoms with E-state index in [1.165, 1.54) is 0 Å². The average Bonchev–Trinajstić information content (AvgIpc) is 3.64. The Balaban J connectivity index is 1.26. The van der Waals surface area contributed by atoms with Crippen LogP contribution in [0.3, 0.4) is 0 Å². The molecular formula is C32H29N3O5. The normalized spacial score (nSPS) is 25.1. The molecule has 3 heterocycles. The van der Waals surface area contributed by atoms with E-state index in [2.05, 4.69) is 28.4 Å². The predicted octanol–water partition coefficient (Wildman–Crippen LogP) is 5.48. The number of hydrogen-bond acceptors (Lipinski definition) is 6. The van der Waals surface area contributed by atoms with Gasteiger partial charge in [0.1, 0.15) is 6.61 Å². The van der Waals surface area contributed by atoms with E-state index >= 15 is 0 Å². The van der Waals surface area contributed by atoms with Gasteiger partial charge < -0.3 is 14.8 Å². The van der Waals surface area contributed by atoms with Crippen molar-refractivity contribution in [3.05, 3.63) is 112 Å². The SMILES string of the molecule is COc1cc([C@H]2[C@H]([N+](=O)[O-])[C@@]3(C(=O)Nc4ccccc43)N3CCC[C@@H]23)ccc1OCc1cccc2ccccc12. The maximum Gasteiger partial charge on any atom is 0.256 e. The van der Waals surface area contributed by atoms with Gasteiger partial charge in [-0.2, -0.15) is 0 Å². The van der Waals surface area contributed by atoms with Gasteiger partial charge in [-0.1, -0.05) is 66.7 Å². The summed E-state index contributed by atoms with van der Waals surface area (Å²) in [6, 6.07) is 26.0. The number of methoxy groups -OCH3 is 1. The molecule has 0 aromatic heterocycles. The van der Waals surface area contributed by atoms with Crippen LogP contribution in [0.25, 0.3) is 10.8 Å². The molecule has 2 fully saturated rings. The third-order valence-corrected chi connectivity index (χ3v) is 8.93. The minimum absolute atomic E-state index is 0.139. The standard InChI is InChI=1S/C32H29N3O5/c1-39-28-18-21(15-16-27(28)40-19-22-10-6-9-20-8-2-3-11-23(20)22)29-26-14-7-17-34(26)32(30(29)35(37)38)24-12-4-5-13-25(24)33-31(32)36/h2-6,8-13,15-16,18,26,29-30H,7,14,17,19H2,1H3,(H,33,36)/t26-,29+,30-,32-/m0/s1. The molecule has 1 spiro atoms. The Hall–Kier alpha value is -4.43. The first kappa shape index (κ1) is 24.6. The minimum atomic E-state index is -1.34. The first-order valence-electron chi connectivity index (χ1n) is 13.6. The van der Waals surface area contributed by atoms with Crippen molar-refractivity contribution >= 4 is 22.4 Å². The van der Waals surface area contributed by atoms with Crippen molar-refractivity contribution in [3.8, 4) is 11.5 Å². The maximum atomic E-state index is 13.7. The quantitative estimate of drug-likeness (QED) is 0.260. The molecule has 3 aliphatic heterocycles. The fourth-order valence-corrected chi connectivity index (χ4v) is 7.36. The molecule has 8 nitrogen and oxygen atoms in total. The summed E-state index contributed by atoms with van der Waals surface area (Å²) in [6.45, 7) is 0.991. The Morgan fingerprint density at radius 3 is 2.67 bits per heavy atom. The molecule has 3 aliphatic rings. The molecule has 7 rings (SSSR count). The second kappa shape index (κ2) is 9.34. The minimum Gasteiger partial charge on any atom is -0.493 e. The van der Waals surface area contributed by atoms with E-state index in [-0.39, 0.29) is 16.9 Å². The van der Waals surface area contributed by atoms with Crippen molar-refractivity contribution in [2.24, 2.45) is 0 Å². The fourth-order valence-electron chi connectivity index (χ4n) is 7.36. The summed E-state index contributed by atoms with van der Waals surface area (Å²) in [5.74, 6) is 0.278. The van der Waals surface area contributed by atoms with Gasteiger partial charge in [-0.05, 0) is 52.9 Å². The molecule has 0 radical (unpaired) electrons. The van der Waals surface area contributed by atoms with Gasteiger partial charge >= 0.3 is 0 Å². The summed E-state index contributed by atoms with van der Waals surface area (Å²) in [5.41, 5.74) is 1.84. The van der Waals surface area contributed by atoms with E-state index in [0.717, 1.165) is 34.7 Å². The van der Waals surface area contributed by atoms with Crippen molar-refractivity contribution in [1.82, 2.24) is 4.90 Å². The van der Waals surface area contributed by atoms with Crippen LogP contribution in [0.5, 0.6) is 11.5 Å². The van der Waals surface area contributed by atoms with Crippen molar-refractivity contribution in [2.45, 2.75) is 43.0 Å². The van der Waals surface area contributed by atoms with Gasteiger partial charge in [0.2, 0.25) is 0 Å². The number of carbonyl (C=O) groups excluding carboxylic acids is 1. The van der Waals surface area contributed by atoms with E-state index in [1.807, 2.05) is 66.7 Å². The van der Waals surface area contributed by atoms with Gasteiger partial charge in [-0.3, -0.25) is 19.8 Å². The van der Waals surface area contributed by atoms with E-state index in [0.29, 0.717) is 35.9 Å². The Bertz CT molecular complexity index is 1650. The molecule has 0 saturated carbocycles. The smallest absolute Gasteiger partial charge is 0.256 e. The van der Waals surface area contributed by atoms with Crippen LogP contribution in [-0.2, 0) is 16.9 Å². The average molecular weight is 536 g/mol. The number of benzene rings is 4. The van der Waals surface area contributed by atoms with Gasteiger partial charge in [0.05, 0.1) is 13.0 Å². The molecule has 8 heteroatoms. The summed E-state index contributed by atoms with van der Waals surface area (Å²) in [4.78, 5) is 28.4. The van der Waals surface area contributed by atoms with Crippen LogP contribution in [-0.4, -0.2) is 41.5 Å². The van der Waals surface area contributed by atoms with Crippen LogP contribution in [0.1, 0.15) is 35.4 Å². The first-order chi connectivity index (χ1) is 19.5. The van der Waals surface area contributed by atoms with Crippen molar-refractivity contribution < 1.29 is 19.2 Å². The highest BCUT2D eigenvalue weighted by atomic mass is 16.6. The number of fused-ring (bicyclic) bond motifs is 5. The predicted molar refractivity (Wildman–Crippen MR) is 151 cm³/mol. The van der Waals surface area contributed by atoms with E-state index in [4.69, 9.17) is 9.47 Å². The van der Waals surface area contributed by atoms with Crippen LogP contribution in [0.4, 0.5) is 5.69 Å². The van der Waals surface area contributed by atoms with Crippen LogP contribution in [0.15, 0.2) is 84.9 Å². The van der Waals surface area contributed by atoms with Crippen molar-refractivity contribution in [2.75, 3.05) is 19.0 Å². The third kappa shape index (κ3) is 3.45. The molecule has 0 bridgehead atoms. The number of para-hydroxylation sites is 1. The lowest BCUT2D eigenvalue weighted by Crippen LogP contribution is -2.55. The van der Waals surface area contributed by atoms with Crippen LogP contribution >= 0.6 is 0 Å². The number of amides is 1. The zero-order valence-electron chi connectivity index (χ0n) is 22.1. The molecule has 4 atom stereocenters. The number of rotatable bonds is 6. The fraction of sp³-hybridized carbons (Fsp3) is 0.281. The first-order valence-corrected chi connectivity index (χ1v) is 13.6. The highest BCUT2D eigenvalue weighted by Gasteiger charge is 2.73. The van der Waals surface area contributed by atoms with Gasteiger partial charge in [0, 0.05) is 28.8 Å². The molecule has 0 aliphatic carbocycles. The van der Waals surface area contributed by atoms with E-state index in [9.17, 15) is 14.9 Å². The number of nitrogens with one attached hydrogen (secondary N) is 1. The molecular weight excluding hydrogens is 506 g/mol. The maximum absolute atomic E-state index is 13.7. The molecule has 4 aromatic rings. The second-order valence-electron chi connectivity index (χ2n) is 10.8. The number of carbonyl (C=O) groups is 1. The lowest BCUT2D eigenvalue weighted by Gasteiger charge is -2.32. The number of hydrogen-bond donors (Lipinski definition) is 1. The lowest BCUT2D eigenvalue weighted by molar-refractivity contribution is -0.534. The summed E-state index contributed by atoms with van der Waals surface area (Å²) < 4.78 is 12.0. The van der Waals surface area contributed by atoms with Gasteiger partial charge in [-0.15, -0.1) is 0 Å². The molecule has 1 amide bonds. The summed E-state index contributed by atoms with van der Waals surface area (Å²) in [6.07, 6.45) is 1.67. The van der Waals surface area contributed by atoms with Gasteiger partial charge in [-0.25, -0.2) is 0 Å². The second-order valence-corrected chi connectivity index (χ2v) is 10.8. The molecule has 40 heavy (non-hydrogen) atoms. The highest BCUT2D eigenvalue weighted by molar-refractivity contribution is 6.07. The lowest BCUT2D eigenvalue weighted by atomic mass is 9.77. The van der Waals surface area contributed by atoms with Crippen LogP contribution in [0.2, 0.25) is 0 Å². The molecule has 2 saturated heterocycles. The molecule has 0 unspecified atom stereocenters. The van der Waals surface area contributed by atoms with Crippen molar-refractivity contribution in [1.29, 1.82) is 0 Å². The summed E-state index contributed by atoms with van der Waals surface area (Å²) >= 11 is 0. The van der Waals surface area contributed by atoms with Gasteiger partial charge in [0.15, 0.2) is 17.0 Å². The molecule has 1 N–H and O–H groups in total. The topological polar surface area (TPSA) is 93.9 Å². The van der Waals surface area contributed by atoms with Crippen LogP contribution in [0, 0.1) is 10.1 Å². The zero-order valence-corrected chi connectivity index (χ0v) is 22.1. The number of ether oxygens (including phenoxy) is 2. The number of anilines is 1. The Labute approximate surface area is 231 Å².